The van der Waals surface area contributed by atoms with E-state index in [1.165, 1.54) is 41.2 Å². The Labute approximate surface area is 309 Å². The molecule has 3 amide bonds. The summed E-state index contributed by atoms with van der Waals surface area (Å²) in [6, 6.07) is 17.8. The third-order valence-corrected chi connectivity index (χ3v) is 8.72. The van der Waals surface area contributed by atoms with Crippen LogP contribution in [0.4, 0.5) is 9.18 Å². The van der Waals surface area contributed by atoms with Crippen LogP contribution in [0.1, 0.15) is 48.0 Å². The number of benzene rings is 3. The van der Waals surface area contributed by atoms with Crippen molar-refractivity contribution >= 4 is 46.4 Å². The lowest BCUT2D eigenvalue weighted by molar-refractivity contribution is -0.145. The first-order chi connectivity index (χ1) is 25.3. The maximum atomic E-state index is 13.7. The molecular weight excluding hydrogens is 707 g/mol. The van der Waals surface area contributed by atoms with Gasteiger partial charge in [-0.25, -0.2) is 18.7 Å². The first-order valence-electron chi connectivity index (χ1n) is 16.8. The molecule has 0 bridgehead atoms. The van der Waals surface area contributed by atoms with Crippen LogP contribution in [0.2, 0.25) is 5.02 Å². The molecule has 0 aliphatic carbocycles. The van der Waals surface area contributed by atoms with Crippen LogP contribution in [0.25, 0.3) is 27.7 Å². The maximum absolute atomic E-state index is 13.7. The fraction of sp³-hybridized carbons (Fsp3) is 0.289. The number of fused-ring (bicyclic) bond motifs is 1. The van der Waals surface area contributed by atoms with E-state index in [4.69, 9.17) is 25.8 Å². The SMILES string of the molecule is COC(=O)[C@@H]1C[C@H](Oc2cccc(-c3cccc4[nH]c(C(=O)NCCNC(=O)OC(C)(C)C)cc34)c2)CN1C(=O)c1cnn(-c2ccc(F)cc2Cl)c1. The number of carbonyl (C=O) groups is 4. The number of rotatable bonds is 10. The van der Waals surface area contributed by atoms with Crippen molar-refractivity contribution in [2.24, 2.45) is 0 Å². The molecule has 1 fully saturated rings. The number of alkyl carbamates (subject to hydrolysis) is 1. The van der Waals surface area contributed by atoms with Gasteiger partial charge in [-0.1, -0.05) is 35.9 Å². The van der Waals surface area contributed by atoms with Gasteiger partial charge in [0.25, 0.3) is 11.8 Å². The zero-order valence-electron chi connectivity index (χ0n) is 29.4. The second kappa shape index (κ2) is 15.4. The first-order valence-corrected chi connectivity index (χ1v) is 17.2. The van der Waals surface area contributed by atoms with Gasteiger partial charge >= 0.3 is 12.1 Å². The highest BCUT2D eigenvalue weighted by atomic mass is 35.5. The van der Waals surface area contributed by atoms with Gasteiger partial charge in [-0.3, -0.25) is 9.59 Å². The van der Waals surface area contributed by atoms with Gasteiger partial charge in [0.15, 0.2) is 0 Å². The second-order valence-corrected chi connectivity index (χ2v) is 13.8. The van der Waals surface area contributed by atoms with Gasteiger partial charge < -0.3 is 34.7 Å². The summed E-state index contributed by atoms with van der Waals surface area (Å²) < 4.78 is 31.5. The van der Waals surface area contributed by atoms with Crippen molar-refractivity contribution in [1.29, 1.82) is 0 Å². The number of aromatic amines is 1. The summed E-state index contributed by atoms with van der Waals surface area (Å²) in [4.78, 5) is 55.9. The third-order valence-electron chi connectivity index (χ3n) is 8.42. The molecule has 53 heavy (non-hydrogen) atoms. The topological polar surface area (TPSA) is 157 Å². The zero-order valence-corrected chi connectivity index (χ0v) is 30.2. The largest absolute Gasteiger partial charge is 0.488 e. The molecule has 0 spiro atoms. The van der Waals surface area contributed by atoms with Crippen molar-refractivity contribution in [3.05, 3.63) is 101 Å². The smallest absolute Gasteiger partial charge is 0.407 e. The van der Waals surface area contributed by atoms with Gasteiger partial charge in [0.1, 0.15) is 35.0 Å². The Kier molecular flexibility index (Phi) is 10.7. The Bertz CT molecular complexity index is 2180. The van der Waals surface area contributed by atoms with Crippen molar-refractivity contribution in [2.75, 3.05) is 26.7 Å². The summed E-state index contributed by atoms with van der Waals surface area (Å²) in [5.41, 5.74) is 2.75. The van der Waals surface area contributed by atoms with E-state index < -0.39 is 41.5 Å². The number of hydrogen-bond donors (Lipinski definition) is 3. The summed E-state index contributed by atoms with van der Waals surface area (Å²) in [5, 5.41) is 10.6. The molecule has 1 aliphatic heterocycles. The number of amides is 3. The van der Waals surface area contributed by atoms with E-state index >= 15 is 0 Å². The summed E-state index contributed by atoms with van der Waals surface area (Å²) >= 11 is 6.19. The lowest BCUT2D eigenvalue weighted by Gasteiger charge is -2.21. The Morgan fingerprint density at radius 3 is 2.55 bits per heavy atom. The number of likely N-dealkylation sites (tertiary alicyclic amines) is 1. The lowest BCUT2D eigenvalue weighted by Crippen LogP contribution is -2.41. The Morgan fingerprint density at radius 1 is 1.02 bits per heavy atom. The van der Waals surface area contributed by atoms with Crippen molar-refractivity contribution in [3.8, 4) is 22.6 Å². The van der Waals surface area contributed by atoms with Crippen molar-refractivity contribution in [3.63, 3.8) is 0 Å². The molecular formula is C38H38ClFN6O7. The first kappa shape index (κ1) is 36.9. The monoisotopic (exact) mass is 744 g/mol. The molecule has 13 nitrogen and oxygen atoms in total. The van der Waals surface area contributed by atoms with Crippen LogP contribution in [-0.2, 0) is 14.3 Å². The predicted octanol–water partition coefficient (Wildman–Crippen LogP) is 5.90. The number of nitrogens with one attached hydrogen (secondary N) is 3. The zero-order chi connectivity index (χ0) is 37.9. The average molecular weight is 745 g/mol. The number of methoxy groups -OCH3 is 1. The lowest BCUT2D eigenvalue weighted by atomic mass is 10.0. The molecule has 3 N–H and O–H groups in total. The Balaban J connectivity index is 1.14. The van der Waals surface area contributed by atoms with Crippen LogP contribution in [0.15, 0.2) is 79.1 Å². The van der Waals surface area contributed by atoms with Crippen LogP contribution >= 0.6 is 11.6 Å². The summed E-state index contributed by atoms with van der Waals surface area (Å²) in [6.45, 7) is 5.81. The number of carbonyl (C=O) groups excluding carboxylic acids is 4. The van der Waals surface area contributed by atoms with Crippen LogP contribution in [0.5, 0.6) is 5.75 Å². The number of hydrogen-bond acceptors (Lipinski definition) is 8. The standard InChI is InChI=1S/C38H38ClFN6O7/c1-38(2,3)53-37(50)42-14-13-41-34(47)31-18-28-27(9-6-10-30(28)44-31)22-7-5-8-25(15-22)52-26-17-33(36(49)51-4)45(21-26)35(48)23-19-43-46(20-23)32-12-11-24(40)16-29(32)39/h5-12,15-16,18-20,26,33,44H,13-14,17,21H2,1-4H3,(H,41,47)(H,42,50)/t26-,33-/m0/s1. The maximum Gasteiger partial charge on any atom is 0.407 e. The fourth-order valence-corrected chi connectivity index (χ4v) is 6.33. The molecule has 276 valence electrons. The van der Waals surface area contributed by atoms with Gasteiger partial charge in [-0.15, -0.1) is 0 Å². The number of halogens is 2. The molecule has 5 aromatic rings. The molecule has 2 atom stereocenters. The molecule has 3 heterocycles. The number of nitrogens with zero attached hydrogens (tertiary/aromatic N) is 3. The normalized spacial score (nSPS) is 15.6. The minimum atomic E-state index is -0.898. The van der Waals surface area contributed by atoms with E-state index in [0.717, 1.165) is 28.1 Å². The van der Waals surface area contributed by atoms with Crippen LogP contribution < -0.4 is 15.4 Å². The number of ether oxygens (including phenoxy) is 3. The Morgan fingerprint density at radius 2 is 1.79 bits per heavy atom. The van der Waals surface area contributed by atoms with Crippen LogP contribution in [0, 0.1) is 5.82 Å². The van der Waals surface area contributed by atoms with Crippen LogP contribution in [0.3, 0.4) is 0 Å². The molecule has 0 saturated carbocycles. The highest BCUT2D eigenvalue weighted by molar-refractivity contribution is 6.32. The minimum absolute atomic E-state index is 0.102. The van der Waals surface area contributed by atoms with Gasteiger partial charge in [0.2, 0.25) is 0 Å². The molecule has 3 aromatic carbocycles. The number of H-pyrrole nitrogens is 1. The fourth-order valence-electron chi connectivity index (χ4n) is 6.07. The second-order valence-electron chi connectivity index (χ2n) is 13.4. The molecule has 1 saturated heterocycles. The van der Waals surface area contributed by atoms with Crippen molar-refractivity contribution in [2.45, 2.75) is 44.9 Å². The molecule has 1 aliphatic rings. The number of aromatic nitrogens is 3. The van der Waals surface area contributed by atoms with E-state index in [1.807, 2.05) is 36.4 Å². The molecule has 0 unspecified atom stereocenters. The van der Waals surface area contributed by atoms with E-state index in [9.17, 15) is 23.6 Å². The van der Waals surface area contributed by atoms with E-state index in [1.54, 1.807) is 32.9 Å². The highest BCUT2D eigenvalue weighted by Crippen LogP contribution is 2.33. The van der Waals surface area contributed by atoms with E-state index in [0.29, 0.717) is 17.1 Å². The third kappa shape index (κ3) is 8.60. The van der Waals surface area contributed by atoms with Crippen molar-refractivity contribution in [1.82, 2.24) is 30.3 Å². The van der Waals surface area contributed by atoms with Gasteiger partial charge in [-0.2, -0.15) is 5.10 Å². The minimum Gasteiger partial charge on any atom is -0.488 e. The van der Waals surface area contributed by atoms with Gasteiger partial charge in [0.05, 0.1) is 36.1 Å². The quantitative estimate of drug-likeness (QED) is 0.118. The highest BCUT2D eigenvalue weighted by Gasteiger charge is 2.42. The van der Waals surface area contributed by atoms with Gasteiger partial charge in [0, 0.05) is 36.6 Å². The van der Waals surface area contributed by atoms with Gasteiger partial charge in [-0.05, 0) is 74.4 Å². The summed E-state index contributed by atoms with van der Waals surface area (Å²) in [5.74, 6) is -1.35. The summed E-state index contributed by atoms with van der Waals surface area (Å²) in [7, 11) is 1.26. The Hall–Kier alpha value is -5.89. The van der Waals surface area contributed by atoms with E-state index in [-0.39, 0.29) is 42.5 Å². The van der Waals surface area contributed by atoms with E-state index in [2.05, 4.69) is 20.7 Å². The number of esters is 1. The molecule has 0 radical (unpaired) electrons. The molecule has 2 aromatic heterocycles. The van der Waals surface area contributed by atoms with Crippen molar-refractivity contribution < 1.29 is 37.8 Å². The molecule has 6 rings (SSSR count). The molecule has 15 heteroatoms. The van der Waals surface area contributed by atoms with Crippen LogP contribution in [-0.4, -0.2) is 88.0 Å². The average Bonchev–Trinajstić information content (AvgIpc) is 3.88. The summed E-state index contributed by atoms with van der Waals surface area (Å²) in [6.07, 6.45) is 1.92. The predicted molar refractivity (Wildman–Crippen MR) is 195 cm³/mol.